The molecular weight excluding hydrogens is 329 g/mol. The average Bonchev–Trinajstić information content (AvgIpc) is 2.96. The fourth-order valence-corrected chi connectivity index (χ4v) is 3.00. The quantitative estimate of drug-likeness (QED) is 0.771. The number of hydrogen-bond donors (Lipinski definition) is 2. The van der Waals surface area contributed by atoms with Crippen molar-refractivity contribution in [1.82, 2.24) is 0 Å². The van der Waals surface area contributed by atoms with E-state index in [1.54, 1.807) is 0 Å². The molecule has 0 bridgehead atoms. The van der Waals surface area contributed by atoms with Gasteiger partial charge in [0.25, 0.3) is 0 Å². The Balaban J connectivity index is 1.72. The zero-order valence-electron chi connectivity index (χ0n) is 13.4. The predicted molar refractivity (Wildman–Crippen MR) is 91.4 cm³/mol. The summed E-state index contributed by atoms with van der Waals surface area (Å²) in [4.78, 5) is 11.4. The molecule has 0 radical (unpaired) electrons. The highest BCUT2D eigenvalue weighted by molar-refractivity contribution is 5.98. The van der Waals surface area contributed by atoms with Crippen molar-refractivity contribution in [3.05, 3.63) is 71.8 Å². The summed E-state index contributed by atoms with van der Waals surface area (Å²) in [5, 5.41) is 6.00. The van der Waals surface area contributed by atoms with E-state index in [0.717, 1.165) is 36.1 Å². The van der Waals surface area contributed by atoms with E-state index in [9.17, 15) is 18.0 Å². The molecule has 0 heterocycles. The summed E-state index contributed by atoms with van der Waals surface area (Å²) in [6.07, 6.45) is -1.44. The minimum absolute atomic E-state index is 0.0379. The molecular formula is C19H17F3N2O. The Morgan fingerprint density at radius 1 is 1.12 bits per heavy atom. The van der Waals surface area contributed by atoms with Crippen molar-refractivity contribution in [3.63, 3.8) is 0 Å². The van der Waals surface area contributed by atoms with Gasteiger partial charge in [-0.3, -0.25) is 4.79 Å². The molecule has 0 aromatic heterocycles. The van der Waals surface area contributed by atoms with Crippen LogP contribution in [0.2, 0.25) is 0 Å². The van der Waals surface area contributed by atoms with Crippen molar-refractivity contribution in [3.8, 4) is 0 Å². The van der Waals surface area contributed by atoms with Crippen LogP contribution in [0.15, 0.2) is 55.1 Å². The molecule has 25 heavy (non-hydrogen) atoms. The number of anilines is 2. The summed E-state index contributed by atoms with van der Waals surface area (Å²) in [6.45, 7) is 3.42. The van der Waals surface area contributed by atoms with E-state index in [0.29, 0.717) is 11.4 Å². The summed E-state index contributed by atoms with van der Waals surface area (Å²) in [7, 11) is 0. The van der Waals surface area contributed by atoms with Crippen molar-refractivity contribution >= 4 is 17.3 Å². The standard InChI is InChI=1S/C19H17F3N2O/c1-2-18(25)24-15-8-9-16-12(11-15)3-10-17(16)23-14-6-4-13(5-7-14)19(20,21)22/h2,4-9,11,17,23H,1,3,10H2,(H,24,25). The van der Waals surface area contributed by atoms with Crippen LogP contribution in [-0.4, -0.2) is 5.91 Å². The third-order valence-electron chi connectivity index (χ3n) is 4.23. The molecule has 0 aliphatic heterocycles. The third-order valence-corrected chi connectivity index (χ3v) is 4.23. The molecule has 0 fully saturated rings. The SMILES string of the molecule is C=CC(=O)Nc1ccc2c(c1)CCC2Nc1ccc(C(F)(F)F)cc1. The van der Waals surface area contributed by atoms with Crippen LogP contribution in [0.5, 0.6) is 0 Å². The van der Waals surface area contributed by atoms with Gasteiger partial charge in [-0.05, 0) is 66.4 Å². The number of amides is 1. The lowest BCUT2D eigenvalue weighted by molar-refractivity contribution is -0.137. The second kappa shape index (κ2) is 6.63. The van der Waals surface area contributed by atoms with Crippen LogP contribution in [0, 0.1) is 0 Å². The van der Waals surface area contributed by atoms with Gasteiger partial charge in [0.1, 0.15) is 0 Å². The first kappa shape index (κ1) is 17.1. The normalized spacial score (nSPS) is 16.2. The maximum Gasteiger partial charge on any atom is 0.416 e. The maximum absolute atomic E-state index is 12.6. The highest BCUT2D eigenvalue weighted by atomic mass is 19.4. The summed E-state index contributed by atoms with van der Waals surface area (Å²) in [5.41, 5.74) is 2.91. The molecule has 2 aromatic carbocycles. The summed E-state index contributed by atoms with van der Waals surface area (Å²) >= 11 is 0. The van der Waals surface area contributed by atoms with Crippen LogP contribution in [0.4, 0.5) is 24.5 Å². The van der Waals surface area contributed by atoms with Crippen molar-refractivity contribution in [2.24, 2.45) is 0 Å². The molecule has 3 rings (SSSR count). The lowest BCUT2D eigenvalue weighted by Gasteiger charge is -2.17. The van der Waals surface area contributed by atoms with Gasteiger partial charge in [0.15, 0.2) is 0 Å². The zero-order chi connectivity index (χ0) is 18.0. The Labute approximate surface area is 143 Å². The molecule has 1 aliphatic rings. The van der Waals surface area contributed by atoms with E-state index in [4.69, 9.17) is 0 Å². The van der Waals surface area contributed by atoms with Gasteiger partial charge < -0.3 is 10.6 Å². The van der Waals surface area contributed by atoms with Crippen LogP contribution >= 0.6 is 0 Å². The van der Waals surface area contributed by atoms with Crippen LogP contribution < -0.4 is 10.6 Å². The van der Waals surface area contributed by atoms with E-state index in [2.05, 4.69) is 17.2 Å². The molecule has 1 amide bonds. The highest BCUT2D eigenvalue weighted by Gasteiger charge is 2.30. The van der Waals surface area contributed by atoms with E-state index in [1.807, 2.05) is 18.2 Å². The lowest BCUT2D eigenvalue weighted by Crippen LogP contribution is -2.09. The summed E-state index contributed by atoms with van der Waals surface area (Å²) in [6, 6.07) is 10.7. The van der Waals surface area contributed by atoms with Gasteiger partial charge in [-0.15, -0.1) is 0 Å². The number of alkyl halides is 3. The number of fused-ring (bicyclic) bond motifs is 1. The monoisotopic (exact) mass is 346 g/mol. The third kappa shape index (κ3) is 3.84. The summed E-state index contributed by atoms with van der Waals surface area (Å²) < 4.78 is 37.9. The Morgan fingerprint density at radius 2 is 1.80 bits per heavy atom. The Hall–Kier alpha value is -2.76. The Bertz CT molecular complexity index is 797. The second-order valence-electron chi connectivity index (χ2n) is 5.92. The molecule has 2 aromatic rings. The van der Waals surface area contributed by atoms with Gasteiger partial charge in [0, 0.05) is 11.4 Å². The maximum atomic E-state index is 12.6. The number of benzene rings is 2. The first-order valence-electron chi connectivity index (χ1n) is 7.87. The minimum atomic E-state index is -4.33. The molecule has 2 N–H and O–H groups in total. The number of halogens is 3. The number of rotatable bonds is 4. The zero-order valence-corrected chi connectivity index (χ0v) is 13.4. The fourth-order valence-electron chi connectivity index (χ4n) is 3.00. The van der Waals surface area contributed by atoms with E-state index >= 15 is 0 Å². The first-order chi connectivity index (χ1) is 11.9. The minimum Gasteiger partial charge on any atom is -0.378 e. The van der Waals surface area contributed by atoms with Gasteiger partial charge >= 0.3 is 6.18 Å². The molecule has 0 spiro atoms. The highest BCUT2D eigenvalue weighted by Crippen LogP contribution is 2.36. The first-order valence-corrected chi connectivity index (χ1v) is 7.87. The average molecular weight is 346 g/mol. The molecule has 1 atom stereocenters. The van der Waals surface area contributed by atoms with Crippen LogP contribution in [0.3, 0.4) is 0 Å². The number of hydrogen-bond acceptors (Lipinski definition) is 2. The molecule has 3 nitrogen and oxygen atoms in total. The number of nitrogens with one attached hydrogen (secondary N) is 2. The van der Waals surface area contributed by atoms with Crippen molar-refractivity contribution in [2.45, 2.75) is 25.1 Å². The molecule has 6 heteroatoms. The Morgan fingerprint density at radius 3 is 2.44 bits per heavy atom. The van der Waals surface area contributed by atoms with Crippen LogP contribution in [0.25, 0.3) is 0 Å². The second-order valence-corrected chi connectivity index (χ2v) is 5.92. The molecule has 0 saturated carbocycles. The van der Waals surface area contributed by atoms with Gasteiger partial charge in [-0.25, -0.2) is 0 Å². The van der Waals surface area contributed by atoms with Crippen molar-refractivity contribution in [2.75, 3.05) is 10.6 Å². The van der Waals surface area contributed by atoms with E-state index in [1.165, 1.54) is 18.2 Å². The Kier molecular flexibility index (Phi) is 4.53. The molecule has 130 valence electrons. The van der Waals surface area contributed by atoms with Gasteiger partial charge in [-0.2, -0.15) is 13.2 Å². The topological polar surface area (TPSA) is 41.1 Å². The lowest BCUT2D eigenvalue weighted by atomic mass is 10.1. The van der Waals surface area contributed by atoms with Crippen molar-refractivity contribution < 1.29 is 18.0 Å². The number of carbonyl (C=O) groups is 1. The number of carbonyl (C=O) groups excluding carboxylic acids is 1. The molecule has 0 saturated heterocycles. The van der Waals surface area contributed by atoms with E-state index < -0.39 is 11.7 Å². The van der Waals surface area contributed by atoms with E-state index in [-0.39, 0.29) is 11.9 Å². The largest absolute Gasteiger partial charge is 0.416 e. The van der Waals surface area contributed by atoms with Crippen LogP contribution in [0.1, 0.15) is 29.2 Å². The van der Waals surface area contributed by atoms with Crippen molar-refractivity contribution in [1.29, 1.82) is 0 Å². The fraction of sp³-hybridized carbons (Fsp3) is 0.211. The van der Waals surface area contributed by atoms with Gasteiger partial charge in [-0.1, -0.05) is 12.6 Å². The van der Waals surface area contributed by atoms with Crippen LogP contribution in [-0.2, 0) is 17.4 Å². The summed E-state index contributed by atoms with van der Waals surface area (Å²) in [5.74, 6) is -0.266. The smallest absolute Gasteiger partial charge is 0.378 e. The number of aryl methyl sites for hydroxylation is 1. The molecule has 1 aliphatic carbocycles. The molecule has 1 unspecified atom stereocenters. The predicted octanol–water partition coefficient (Wildman–Crippen LogP) is 4.93. The van der Waals surface area contributed by atoms with Gasteiger partial charge in [0.2, 0.25) is 5.91 Å². The van der Waals surface area contributed by atoms with Gasteiger partial charge in [0.05, 0.1) is 11.6 Å².